The molecule has 0 bridgehead atoms. The lowest BCUT2D eigenvalue weighted by Crippen LogP contribution is -2.40. The number of benzene rings is 2. The van der Waals surface area contributed by atoms with Gasteiger partial charge in [-0.3, -0.25) is 9.79 Å². The van der Waals surface area contributed by atoms with E-state index in [-0.39, 0.29) is 29.9 Å². The Kier molecular flexibility index (Phi) is 9.06. The zero-order valence-electron chi connectivity index (χ0n) is 16.0. The number of nitrogens with zero attached hydrogens (tertiary/aromatic N) is 1. The van der Waals surface area contributed by atoms with Crippen LogP contribution in [0, 0.1) is 0 Å². The van der Waals surface area contributed by atoms with E-state index in [0.717, 1.165) is 42.3 Å². The summed E-state index contributed by atoms with van der Waals surface area (Å²) in [6, 6.07) is 16.2. The first-order valence-corrected chi connectivity index (χ1v) is 9.28. The molecule has 0 aromatic heterocycles. The normalized spacial score (nSPS) is 13.0. The molecule has 0 unspecified atom stereocenters. The summed E-state index contributed by atoms with van der Waals surface area (Å²) in [5.74, 6) is 1.66. The van der Waals surface area contributed by atoms with E-state index in [1.165, 1.54) is 5.56 Å². The number of guanidine groups is 1. The third-order valence-electron chi connectivity index (χ3n) is 4.41. The van der Waals surface area contributed by atoms with Crippen LogP contribution in [0.25, 0.3) is 0 Å². The molecule has 0 saturated carbocycles. The molecule has 3 N–H and O–H groups in total. The lowest BCUT2D eigenvalue weighted by atomic mass is 10.0. The van der Waals surface area contributed by atoms with Gasteiger partial charge >= 0.3 is 0 Å². The van der Waals surface area contributed by atoms with Gasteiger partial charge in [0.1, 0.15) is 12.4 Å². The van der Waals surface area contributed by atoms with Crippen LogP contribution in [0.3, 0.4) is 0 Å². The number of anilines is 1. The Morgan fingerprint density at radius 2 is 1.89 bits per heavy atom. The van der Waals surface area contributed by atoms with Gasteiger partial charge in [0.25, 0.3) is 0 Å². The maximum Gasteiger partial charge on any atom is 0.224 e. The number of carbonyl (C=O) groups is 1. The summed E-state index contributed by atoms with van der Waals surface area (Å²) < 4.78 is 5.81. The number of aliphatic imine (C=N–C) groups is 1. The van der Waals surface area contributed by atoms with Crippen LogP contribution in [0.5, 0.6) is 5.75 Å². The van der Waals surface area contributed by atoms with Gasteiger partial charge in [-0.2, -0.15) is 0 Å². The summed E-state index contributed by atoms with van der Waals surface area (Å²) in [5.41, 5.74) is 3.31. The van der Waals surface area contributed by atoms with E-state index in [2.05, 4.69) is 33.1 Å². The maximum absolute atomic E-state index is 11.4. The first kappa shape index (κ1) is 22.0. The highest BCUT2D eigenvalue weighted by atomic mass is 127. The van der Waals surface area contributed by atoms with Crippen molar-refractivity contribution in [1.82, 2.24) is 10.6 Å². The van der Waals surface area contributed by atoms with Crippen LogP contribution in [-0.4, -0.2) is 38.6 Å². The van der Waals surface area contributed by atoms with Gasteiger partial charge in [0.05, 0.1) is 6.54 Å². The number of hydrogen-bond acceptors (Lipinski definition) is 3. The number of aryl methyl sites for hydroxylation is 1. The van der Waals surface area contributed by atoms with Crippen molar-refractivity contribution < 1.29 is 9.53 Å². The summed E-state index contributed by atoms with van der Waals surface area (Å²) in [4.78, 5) is 15.6. The van der Waals surface area contributed by atoms with Crippen LogP contribution >= 0.6 is 24.0 Å². The average molecular weight is 494 g/mol. The zero-order chi connectivity index (χ0) is 18.9. The lowest BCUT2D eigenvalue weighted by Gasteiger charge is -2.18. The Balaban J connectivity index is 0.00000280. The molecule has 7 heteroatoms. The minimum atomic E-state index is 0. The number of halogens is 1. The van der Waals surface area contributed by atoms with Crippen molar-refractivity contribution in [2.24, 2.45) is 4.99 Å². The molecule has 0 saturated heterocycles. The number of ether oxygens (including phenoxy) is 1. The van der Waals surface area contributed by atoms with Gasteiger partial charge < -0.3 is 20.7 Å². The number of amides is 1. The van der Waals surface area contributed by atoms with Gasteiger partial charge in [-0.05, 0) is 42.2 Å². The van der Waals surface area contributed by atoms with Crippen molar-refractivity contribution in [2.75, 3.05) is 32.1 Å². The first-order chi connectivity index (χ1) is 13.2. The van der Waals surface area contributed by atoms with E-state index in [1.54, 1.807) is 7.05 Å². The molecule has 2 aromatic rings. The lowest BCUT2D eigenvalue weighted by molar-refractivity contribution is -0.116. The van der Waals surface area contributed by atoms with Gasteiger partial charge in [-0.25, -0.2) is 0 Å². The van der Waals surface area contributed by atoms with Crippen LogP contribution in [-0.2, 0) is 17.6 Å². The molecule has 3 rings (SSSR count). The van der Waals surface area contributed by atoms with E-state index < -0.39 is 0 Å². The smallest absolute Gasteiger partial charge is 0.224 e. The molecule has 1 heterocycles. The van der Waals surface area contributed by atoms with E-state index in [1.807, 2.05) is 36.4 Å². The van der Waals surface area contributed by atoms with Crippen LogP contribution in [0.2, 0.25) is 0 Å². The van der Waals surface area contributed by atoms with Crippen LogP contribution < -0.4 is 20.7 Å². The fourth-order valence-corrected chi connectivity index (χ4v) is 2.98. The molecule has 0 radical (unpaired) electrons. The van der Waals surface area contributed by atoms with Gasteiger partial charge in [-0.15, -0.1) is 24.0 Å². The zero-order valence-corrected chi connectivity index (χ0v) is 18.4. The van der Waals surface area contributed by atoms with E-state index in [4.69, 9.17) is 4.74 Å². The fourth-order valence-electron chi connectivity index (χ4n) is 2.98. The van der Waals surface area contributed by atoms with E-state index >= 15 is 0 Å². The summed E-state index contributed by atoms with van der Waals surface area (Å²) in [6.45, 7) is 2.00. The average Bonchev–Trinajstić information content (AvgIpc) is 2.70. The predicted octanol–water partition coefficient (Wildman–Crippen LogP) is 2.98. The number of carbonyl (C=O) groups excluding carboxylic acids is 1. The monoisotopic (exact) mass is 494 g/mol. The fraction of sp³-hybridized carbons (Fsp3) is 0.333. The quantitative estimate of drug-likeness (QED) is 0.240. The van der Waals surface area contributed by atoms with Crippen LogP contribution in [0.4, 0.5) is 5.69 Å². The second-order valence-electron chi connectivity index (χ2n) is 6.38. The predicted molar refractivity (Wildman–Crippen MR) is 124 cm³/mol. The molecule has 1 amide bonds. The Morgan fingerprint density at radius 1 is 1.11 bits per heavy atom. The summed E-state index contributed by atoms with van der Waals surface area (Å²) in [5, 5.41) is 9.43. The highest BCUT2D eigenvalue weighted by Crippen LogP contribution is 2.26. The summed E-state index contributed by atoms with van der Waals surface area (Å²) >= 11 is 0. The molecule has 0 atom stereocenters. The summed E-state index contributed by atoms with van der Waals surface area (Å²) in [7, 11) is 1.76. The second-order valence-corrected chi connectivity index (χ2v) is 6.38. The SMILES string of the molecule is CN=C(NCCOc1ccc2c(c1)CCC(=O)N2)NCCc1ccccc1.I. The van der Waals surface area contributed by atoms with Gasteiger partial charge in [0.15, 0.2) is 5.96 Å². The van der Waals surface area contributed by atoms with Crippen molar-refractivity contribution >= 4 is 41.5 Å². The largest absolute Gasteiger partial charge is 0.492 e. The molecular weight excluding hydrogens is 467 g/mol. The number of rotatable bonds is 7. The van der Waals surface area contributed by atoms with Crippen molar-refractivity contribution in [3.8, 4) is 5.75 Å². The third kappa shape index (κ3) is 6.70. The first-order valence-electron chi connectivity index (χ1n) is 9.28. The van der Waals surface area contributed by atoms with Gasteiger partial charge in [-0.1, -0.05) is 30.3 Å². The van der Waals surface area contributed by atoms with Crippen molar-refractivity contribution in [2.45, 2.75) is 19.3 Å². The van der Waals surface area contributed by atoms with Crippen molar-refractivity contribution in [3.63, 3.8) is 0 Å². The molecule has 6 nitrogen and oxygen atoms in total. The molecule has 28 heavy (non-hydrogen) atoms. The molecule has 0 spiro atoms. The second kappa shape index (κ2) is 11.5. The maximum atomic E-state index is 11.4. The Morgan fingerprint density at radius 3 is 2.68 bits per heavy atom. The molecule has 0 aliphatic carbocycles. The van der Waals surface area contributed by atoms with Crippen molar-refractivity contribution in [1.29, 1.82) is 0 Å². The Bertz CT molecular complexity index is 796. The highest BCUT2D eigenvalue weighted by molar-refractivity contribution is 14.0. The number of nitrogens with one attached hydrogen (secondary N) is 3. The Labute approximate surface area is 183 Å². The van der Waals surface area contributed by atoms with Crippen LogP contribution in [0.15, 0.2) is 53.5 Å². The highest BCUT2D eigenvalue weighted by Gasteiger charge is 2.14. The molecule has 1 aliphatic rings. The number of hydrogen-bond donors (Lipinski definition) is 3. The topological polar surface area (TPSA) is 74.8 Å². The van der Waals surface area contributed by atoms with Crippen LogP contribution in [0.1, 0.15) is 17.5 Å². The van der Waals surface area contributed by atoms with E-state index in [0.29, 0.717) is 19.6 Å². The standard InChI is InChI=1S/C21H26N4O2.HI/c1-22-21(23-12-11-16-5-3-2-4-6-16)24-13-14-27-18-8-9-19-17(15-18)7-10-20(26)25-19;/h2-6,8-9,15H,7,10-14H2,1H3,(H,25,26)(H2,22,23,24);1H. The number of fused-ring (bicyclic) bond motifs is 1. The van der Waals surface area contributed by atoms with Gasteiger partial charge in [0, 0.05) is 25.7 Å². The summed E-state index contributed by atoms with van der Waals surface area (Å²) in [6.07, 6.45) is 2.24. The Hall–Kier alpha value is -2.29. The van der Waals surface area contributed by atoms with Crippen molar-refractivity contribution in [3.05, 3.63) is 59.7 Å². The molecule has 150 valence electrons. The minimum absolute atomic E-state index is 0. The minimum Gasteiger partial charge on any atom is -0.492 e. The molecule has 0 fully saturated rings. The molecule has 2 aromatic carbocycles. The van der Waals surface area contributed by atoms with Gasteiger partial charge in [0.2, 0.25) is 5.91 Å². The molecular formula is C21H27IN4O2. The third-order valence-corrected chi connectivity index (χ3v) is 4.41. The molecule has 1 aliphatic heterocycles. The van der Waals surface area contributed by atoms with E-state index in [9.17, 15) is 4.79 Å².